The number of pyridine rings is 1. The normalized spacial score (nSPS) is 13.8. The SMILES string of the molecule is Cc1ccc(C2=C(Nc3cccc4ccccc34)C(=O)N(Cc3cccnc3)C2=O)cc1C. The number of fused-ring (bicyclic) bond motifs is 1. The second kappa shape index (κ2) is 8.36. The number of amides is 2. The van der Waals surface area contributed by atoms with E-state index in [2.05, 4.69) is 10.3 Å². The molecule has 162 valence electrons. The van der Waals surface area contributed by atoms with Crippen molar-refractivity contribution >= 4 is 33.8 Å². The van der Waals surface area contributed by atoms with Crippen LogP contribution >= 0.6 is 0 Å². The summed E-state index contributed by atoms with van der Waals surface area (Å²) in [5, 5.41) is 5.35. The fraction of sp³-hybridized carbons (Fsp3) is 0.107. The first-order valence-electron chi connectivity index (χ1n) is 10.8. The maximum atomic E-state index is 13.6. The third kappa shape index (κ3) is 3.78. The molecule has 0 fully saturated rings. The fourth-order valence-corrected chi connectivity index (χ4v) is 4.14. The molecule has 0 bridgehead atoms. The minimum absolute atomic E-state index is 0.167. The van der Waals surface area contributed by atoms with Crippen molar-refractivity contribution in [3.05, 3.63) is 113 Å². The van der Waals surface area contributed by atoms with Gasteiger partial charge in [-0.2, -0.15) is 0 Å². The molecule has 1 aliphatic heterocycles. The highest BCUT2D eigenvalue weighted by atomic mass is 16.2. The van der Waals surface area contributed by atoms with E-state index in [0.29, 0.717) is 11.3 Å². The van der Waals surface area contributed by atoms with Crippen LogP contribution in [0.15, 0.2) is 90.9 Å². The zero-order chi connectivity index (χ0) is 22.9. The smallest absolute Gasteiger partial charge is 0.278 e. The van der Waals surface area contributed by atoms with Crippen LogP contribution in [0.3, 0.4) is 0 Å². The number of hydrogen-bond donors (Lipinski definition) is 1. The van der Waals surface area contributed by atoms with Crippen LogP contribution in [-0.4, -0.2) is 21.7 Å². The largest absolute Gasteiger partial charge is 0.350 e. The minimum Gasteiger partial charge on any atom is -0.350 e. The lowest BCUT2D eigenvalue weighted by Crippen LogP contribution is -2.32. The number of anilines is 1. The molecule has 0 saturated heterocycles. The van der Waals surface area contributed by atoms with E-state index in [1.165, 1.54) is 4.90 Å². The summed E-state index contributed by atoms with van der Waals surface area (Å²) in [6, 6.07) is 23.4. The molecule has 5 heteroatoms. The first-order chi connectivity index (χ1) is 16.0. The Balaban J connectivity index is 1.62. The number of carbonyl (C=O) groups is 2. The molecular weight excluding hydrogens is 410 g/mol. The molecular formula is C28H23N3O2. The standard InChI is InChI=1S/C28H23N3O2/c1-18-12-13-22(15-19(18)2)25-26(30-24-11-5-9-21-8-3-4-10-23(21)24)28(33)31(27(25)32)17-20-7-6-14-29-16-20/h3-16,30H,17H2,1-2H3. The van der Waals surface area contributed by atoms with Crippen LogP contribution in [0.1, 0.15) is 22.3 Å². The molecule has 5 rings (SSSR count). The first kappa shape index (κ1) is 20.6. The van der Waals surface area contributed by atoms with E-state index in [1.54, 1.807) is 18.5 Å². The zero-order valence-electron chi connectivity index (χ0n) is 18.5. The Kier molecular flexibility index (Phi) is 5.23. The summed E-state index contributed by atoms with van der Waals surface area (Å²) >= 11 is 0. The summed E-state index contributed by atoms with van der Waals surface area (Å²) in [7, 11) is 0. The van der Waals surface area contributed by atoms with Gasteiger partial charge in [0.1, 0.15) is 5.70 Å². The third-order valence-electron chi connectivity index (χ3n) is 6.08. The average Bonchev–Trinajstić information content (AvgIpc) is 3.06. The van der Waals surface area contributed by atoms with Crippen LogP contribution in [0.4, 0.5) is 5.69 Å². The summed E-state index contributed by atoms with van der Waals surface area (Å²) in [6.45, 7) is 4.20. The Morgan fingerprint density at radius 3 is 2.45 bits per heavy atom. The summed E-state index contributed by atoms with van der Waals surface area (Å²) in [6.07, 6.45) is 3.34. The van der Waals surface area contributed by atoms with Gasteiger partial charge in [0.25, 0.3) is 11.8 Å². The molecule has 1 aromatic heterocycles. The Bertz CT molecular complexity index is 1420. The van der Waals surface area contributed by atoms with Crippen LogP contribution < -0.4 is 5.32 Å². The monoisotopic (exact) mass is 433 g/mol. The number of nitrogens with zero attached hydrogens (tertiary/aromatic N) is 2. The van der Waals surface area contributed by atoms with Crippen LogP contribution in [0.5, 0.6) is 0 Å². The number of carbonyl (C=O) groups excluding carboxylic acids is 2. The van der Waals surface area contributed by atoms with Crippen LogP contribution in [0, 0.1) is 13.8 Å². The van der Waals surface area contributed by atoms with Gasteiger partial charge in [-0.25, -0.2) is 0 Å². The van der Waals surface area contributed by atoms with E-state index in [9.17, 15) is 9.59 Å². The number of hydrogen-bond acceptors (Lipinski definition) is 4. The van der Waals surface area contributed by atoms with Crippen LogP contribution in [0.2, 0.25) is 0 Å². The lowest BCUT2D eigenvalue weighted by molar-refractivity contribution is -0.137. The molecule has 0 radical (unpaired) electrons. The molecule has 0 unspecified atom stereocenters. The lowest BCUT2D eigenvalue weighted by Gasteiger charge is -2.15. The molecule has 4 aromatic rings. The first-order valence-corrected chi connectivity index (χ1v) is 10.8. The van der Waals surface area contributed by atoms with Crippen molar-refractivity contribution < 1.29 is 9.59 Å². The van der Waals surface area contributed by atoms with Gasteiger partial charge in [0.15, 0.2) is 0 Å². The number of rotatable bonds is 5. The Hall–Kier alpha value is -4.25. The van der Waals surface area contributed by atoms with Gasteiger partial charge in [0.2, 0.25) is 0 Å². The predicted molar refractivity (Wildman–Crippen MR) is 130 cm³/mol. The van der Waals surface area contributed by atoms with Crippen molar-refractivity contribution in [1.82, 2.24) is 9.88 Å². The quantitative estimate of drug-likeness (QED) is 0.437. The fourth-order valence-electron chi connectivity index (χ4n) is 4.14. The number of aromatic nitrogens is 1. The van der Waals surface area contributed by atoms with Gasteiger partial charge >= 0.3 is 0 Å². The number of aryl methyl sites for hydroxylation is 2. The second-order valence-electron chi connectivity index (χ2n) is 8.26. The molecule has 3 aromatic carbocycles. The van der Waals surface area contributed by atoms with Crippen LogP contribution in [0.25, 0.3) is 16.3 Å². The lowest BCUT2D eigenvalue weighted by atomic mass is 9.99. The summed E-state index contributed by atoms with van der Waals surface area (Å²) < 4.78 is 0. The van der Waals surface area contributed by atoms with Gasteiger partial charge in [0.05, 0.1) is 12.1 Å². The van der Waals surface area contributed by atoms with E-state index in [-0.39, 0.29) is 18.4 Å². The van der Waals surface area contributed by atoms with Gasteiger partial charge in [0, 0.05) is 23.5 Å². The molecule has 5 nitrogen and oxygen atoms in total. The second-order valence-corrected chi connectivity index (χ2v) is 8.26. The summed E-state index contributed by atoms with van der Waals surface area (Å²) in [4.78, 5) is 32.5. The van der Waals surface area contributed by atoms with Crippen molar-refractivity contribution in [3.63, 3.8) is 0 Å². The molecule has 1 aliphatic rings. The highest BCUT2D eigenvalue weighted by Crippen LogP contribution is 2.34. The molecule has 0 atom stereocenters. The van der Waals surface area contributed by atoms with Gasteiger partial charge in [-0.05, 0) is 53.6 Å². The van der Waals surface area contributed by atoms with Crippen molar-refractivity contribution in [2.24, 2.45) is 0 Å². The Morgan fingerprint density at radius 1 is 0.848 bits per heavy atom. The predicted octanol–water partition coefficient (Wildman–Crippen LogP) is 5.24. The number of imide groups is 1. The van der Waals surface area contributed by atoms with E-state index in [4.69, 9.17) is 0 Å². The van der Waals surface area contributed by atoms with E-state index < -0.39 is 0 Å². The van der Waals surface area contributed by atoms with Crippen molar-refractivity contribution in [2.45, 2.75) is 20.4 Å². The molecule has 2 heterocycles. The van der Waals surface area contributed by atoms with Gasteiger partial charge in [-0.1, -0.05) is 60.7 Å². The van der Waals surface area contributed by atoms with Gasteiger partial charge in [-0.15, -0.1) is 0 Å². The molecule has 0 aliphatic carbocycles. The van der Waals surface area contributed by atoms with E-state index in [0.717, 1.165) is 38.7 Å². The molecule has 1 N–H and O–H groups in total. The zero-order valence-corrected chi connectivity index (χ0v) is 18.5. The maximum Gasteiger partial charge on any atom is 0.278 e. The third-order valence-corrected chi connectivity index (χ3v) is 6.08. The topological polar surface area (TPSA) is 62.3 Å². The highest BCUT2D eigenvalue weighted by Gasteiger charge is 2.39. The van der Waals surface area contributed by atoms with Gasteiger partial charge in [-0.3, -0.25) is 19.5 Å². The highest BCUT2D eigenvalue weighted by molar-refractivity contribution is 6.36. The summed E-state index contributed by atoms with van der Waals surface area (Å²) in [5.41, 5.74) is 5.19. The van der Waals surface area contributed by atoms with Crippen molar-refractivity contribution in [3.8, 4) is 0 Å². The molecule has 33 heavy (non-hydrogen) atoms. The number of nitrogens with one attached hydrogen (secondary N) is 1. The van der Waals surface area contributed by atoms with Crippen molar-refractivity contribution in [1.29, 1.82) is 0 Å². The van der Waals surface area contributed by atoms with E-state index >= 15 is 0 Å². The van der Waals surface area contributed by atoms with Crippen molar-refractivity contribution in [2.75, 3.05) is 5.32 Å². The summed E-state index contributed by atoms with van der Waals surface area (Å²) in [5.74, 6) is -0.653. The Labute approximate surface area is 192 Å². The average molecular weight is 434 g/mol. The number of benzene rings is 3. The Morgan fingerprint density at radius 2 is 1.67 bits per heavy atom. The molecule has 0 spiro atoms. The minimum atomic E-state index is -0.343. The van der Waals surface area contributed by atoms with Crippen LogP contribution in [-0.2, 0) is 16.1 Å². The van der Waals surface area contributed by atoms with Gasteiger partial charge < -0.3 is 5.32 Å². The molecule has 0 saturated carbocycles. The van der Waals surface area contributed by atoms with E-state index in [1.807, 2.05) is 80.6 Å². The molecule has 2 amide bonds. The maximum absolute atomic E-state index is 13.6.